The van der Waals surface area contributed by atoms with E-state index in [-0.39, 0.29) is 5.56 Å². The number of rotatable bonds is 5. The first-order valence-corrected chi connectivity index (χ1v) is 5.63. The molecule has 0 N–H and O–H groups in total. The number of ether oxygens (including phenoxy) is 1. The van der Waals surface area contributed by atoms with Crippen molar-refractivity contribution < 1.29 is 18.3 Å². The van der Waals surface area contributed by atoms with Gasteiger partial charge in [0, 0.05) is 6.61 Å². The molecule has 0 aliphatic heterocycles. The molecule has 1 rings (SSSR count). The fourth-order valence-electron chi connectivity index (χ4n) is 1.62. The molecule has 1 aromatic rings. The van der Waals surface area contributed by atoms with E-state index in [4.69, 9.17) is 4.74 Å². The molecule has 1 unspecified atom stereocenters. The van der Waals surface area contributed by atoms with Gasteiger partial charge in [0.05, 0.1) is 5.56 Å². The Hall–Kier alpha value is -1.29. The molecule has 0 bridgehead atoms. The summed E-state index contributed by atoms with van der Waals surface area (Å²) >= 11 is 0. The second-order valence-corrected chi connectivity index (χ2v) is 3.77. The summed E-state index contributed by atoms with van der Waals surface area (Å²) in [5.41, 5.74) is -0.244. The zero-order valence-corrected chi connectivity index (χ0v) is 10.2. The fraction of sp³-hybridized carbons (Fsp3) is 0.462. The maximum atomic E-state index is 13.7. The second-order valence-electron chi connectivity index (χ2n) is 3.77. The van der Waals surface area contributed by atoms with Gasteiger partial charge in [-0.25, -0.2) is 8.78 Å². The van der Waals surface area contributed by atoms with Crippen LogP contribution < -0.4 is 0 Å². The Morgan fingerprint density at radius 2 is 2.00 bits per heavy atom. The molecule has 0 spiro atoms. The standard InChI is InChI=1S/C13H16F2O2/c1-4-10(17-5-2)13(16)11-9(14)7-6-8(3)12(11)15/h6-7,10H,4-5H2,1-3H3. The van der Waals surface area contributed by atoms with Gasteiger partial charge in [-0.05, 0) is 31.9 Å². The van der Waals surface area contributed by atoms with Gasteiger partial charge in [-0.1, -0.05) is 13.0 Å². The Bertz CT molecular complexity index is 416. The molecule has 0 aromatic heterocycles. The molecule has 0 fully saturated rings. The Balaban J connectivity index is 3.15. The lowest BCUT2D eigenvalue weighted by atomic mass is 10.0. The summed E-state index contributed by atoms with van der Waals surface area (Å²) < 4.78 is 32.4. The minimum Gasteiger partial charge on any atom is -0.370 e. The smallest absolute Gasteiger partial charge is 0.197 e. The van der Waals surface area contributed by atoms with Crippen LogP contribution in [-0.2, 0) is 4.74 Å². The normalized spacial score (nSPS) is 12.5. The molecule has 94 valence electrons. The summed E-state index contributed by atoms with van der Waals surface area (Å²) in [6.07, 6.45) is -0.398. The molecular weight excluding hydrogens is 226 g/mol. The molecule has 0 saturated heterocycles. The van der Waals surface area contributed by atoms with Crippen LogP contribution in [0.15, 0.2) is 12.1 Å². The first kappa shape index (κ1) is 13.8. The maximum Gasteiger partial charge on any atom is 0.197 e. The number of aryl methyl sites for hydroxylation is 1. The molecule has 0 radical (unpaired) electrons. The second kappa shape index (κ2) is 5.87. The zero-order chi connectivity index (χ0) is 13.0. The van der Waals surface area contributed by atoms with Crippen molar-refractivity contribution in [2.45, 2.75) is 33.3 Å². The maximum absolute atomic E-state index is 13.7. The van der Waals surface area contributed by atoms with E-state index in [9.17, 15) is 13.6 Å². The van der Waals surface area contributed by atoms with E-state index >= 15 is 0 Å². The monoisotopic (exact) mass is 242 g/mol. The van der Waals surface area contributed by atoms with Gasteiger partial charge in [0.2, 0.25) is 0 Å². The average molecular weight is 242 g/mol. The summed E-state index contributed by atoms with van der Waals surface area (Å²) in [6, 6.07) is 2.41. The Morgan fingerprint density at radius 1 is 1.35 bits per heavy atom. The third kappa shape index (κ3) is 2.88. The molecule has 0 amide bonds. The molecule has 0 heterocycles. The summed E-state index contributed by atoms with van der Waals surface area (Å²) in [4.78, 5) is 12.0. The number of ketones is 1. The number of Topliss-reactive ketones (excluding diaryl/α,β-unsaturated/α-hetero) is 1. The lowest BCUT2D eigenvalue weighted by molar-refractivity contribution is 0.0436. The summed E-state index contributed by atoms with van der Waals surface area (Å²) in [5, 5.41) is 0. The lowest BCUT2D eigenvalue weighted by Gasteiger charge is -2.15. The van der Waals surface area contributed by atoms with Crippen molar-refractivity contribution in [1.29, 1.82) is 0 Å². The largest absolute Gasteiger partial charge is 0.370 e. The highest BCUT2D eigenvalue weighted by atomic mass is 19.1. The van der Waals surface area contributed by atoms with Crippen molar-refractivity contribution in [1.82, 2.24) is 0 Å². The first-order chi connectivity index (χ1) is 8.02. The highest BCUT2D eigenvalue weighted by molar-refractivity contribution is 6.00. The quantitative estimate of drug-likeness (QED) is 0.741. The van der Waals surface area contributed by atoms with Gasteiger partial charge in [-0.2, -0.15) is 0 Å². The van der Waals surface area contributed by atoms with E-state index < -0.39 is 29.1 Å². The van der Waals surface area contributed by atoms with Gasteiger partial charge in [0.1, 0.15) is 17.7 Å². The van der Waals surface area contributed by atoms with Crippen molar-refractivity contribution >= 4 is 5.78 Å². The van der Waals surface area contributed by atoms with E-state index in [0.717, 1.165) is 6.07 Å². The van der Waals surface area contributed by atoms with Gasteiger partial charge in [-0.3, -0.25) is 4.79 Å². The van der Waals surface area contributed by atoms with Crippen molar-refractivity contribution in [2.24, 2.45) is 0 Å². The van der Waals surface area contributed by atoms with E-state index in [1.54, 1.807) is 13.8 Å². The van der Waals surface area contributed by atoms with Crippen LogP contribution in [0.2, 0.25) is 0 Å². The van der Waals surface area contributed by atoms with Crippen LogP contribution in [0.3, 0.4) is 0 Å². The van der Waals surface area contributed by atoms with E-state index in [0.29, 0.717) is 13.0 Å². The zero-order valence-electron chi connectivity index (χ0n) is 10.2. The molecule has 4 heteroatoms. The number of hydrogen-bond acceptors (Lipinski definition) is 2. The highest BCUT2D eigenvalue weighted by Crippen LogP contribution is 2.19. The van der Waals surface area contributed by atoms with Crippen LogP contribution in [0, 0.1) is 18.6 Å². The van der Waals surface area contributed by atoms with Gasteiger partial charge >= 0.3 is 0 Å². The Kier molecular flexibility index (Phi) is 4.75. The van der Waals surface area contributed by atoms with Crippen molar-refractivity contribution in [3.05, 3.63) is 34.9 Å². The molecule has 0 aliphatic rings. The van der Waals surface area contributed by atoms with Crippen LogP contribution in [0.5, 0.6) is 0 Å². The molecule has 2 nitrogen and oxygen atoms in total. The molecule has 17 heavy (non-hydrogen) atoms. The average Bonchev–Trinajstić information content (AvgIpc) is 2.31. The molecular formula is C13H16F2O2. The van der Waals surface area contributed by atoms with Gasteiger partial charge in [0.25, 0.3) is 0 Å². The SMILES string of the molecule is CCOC(CC)C(=O)c1c(F)ccc(C)c1F. The van der Waals surface area contributed by atoms with Crippen molar-refractivity contribution in [3.8, 4) is 0 Å². The predicted octanol–water partition coefficient (Wildman–Crippen LogP) is 3.27. The van der Waals surface area contributed by atoms with Crippen LogP contribution >= 0.6 is 0 Å². The fourth-order valence-corrected chi connectivity index (χ4v) is 1.62. The first-order valence-electron chi connectivity index (χ1n) is 5.63. The van der Waals surface area contributed by atoms with E-state index in [2.05, 4.69) is 0 Å². The van der Waals surface area contributed by atoms with E-state index in [1.807, 2.05) is 0 Å². The van der Waals surface area contributed by atoms with Gasteiger partial charge < -0.3 is 4.74 Å². The molecule has 1 atom stereocenters. The number of halogens is 2. The number of hydrogen-bond donors (Lipinski definition) is 0. The number of benzene rings is 1. The van der Waals surface area contributed by atoms with Gasteiger partial charge in [0.15, 0.2) is 5.78 Å². The van der Waals surface area contributed by atoms with Crippen LogP contribution in [-0.4, -0.2) is 18.5 Å². The number of carbonyl (C=O) groups excluding carboxylic acids is 1. The lowest BCUT2D eigenvalue weighted by Crippen LogP contribution is -2.26. The molecule has 0 saturated carbocycles. The third-order valence-corrected chi connectivity index (χ3v) is 2.56. The van der Waals surface area contributed by atoms with Crippen LogP contribution in [0.25, 0.3) is 0 Å². The molecule has 1 aromatic carbocycles. The topological polar surface area (TPSA) is 26.3 Å². The molecule has 0 aliphatic carbocycles. The third-order valence-electron chi connectivity index (χ3n) is 2.56. The summed E-state index contributed by atoms with van der Waals surface area (Å²) in [5.74, 6) is -2.27. The Morgan fingerprint density at radius 3 is 2.53 bits per heavy atom. The van der Waals surface area contributed by atoms with Crippen molar-refractivity contribution in [3.63, 3.8) is 0 Å². The van der Waals surface area contributed by atoms with Crippen LogP contribution in [0.1, 0.15) is 36.2 Å². The Labute approximate surface area is 99.6 Å². The highest BCUT2D eigenvalue weighted by Gasteiger charge is 2.25. The number of carbonyl (C=O) groups is 1. The van der Waals surface area contributed by atoms with E-state index in [1.165, 1.54) is 13.0 Å². The predicted molar refractivity (Wildman–Crippen MR) is 61.1 cm³/mol. The van der Waals surface area contributed by atoms with Gasteiger partial charge in [-0.15, -0.1) is 0 Å². The van der Waals surface area contributed by atoms with Crippen LogP contribution in [0.4, 0.5) is 8.78 Å². The summed E-state index contributed by atoms with van der Waals surface area (Å²) in [7, 11) is 0. The summed E-state index contributed by atoms with van der Waals surface area (Å²) in [6.45, 7) is 5.30. The minimum absolute atomic E-state index is 0.251. The van der Waals surface area contributed by atoms with Crippen molar-refractivity contribution in [2.75, 3.05) is 6.61 Å². The minimum atomic E-state index is -0.837.